The highest BCUT2D eigenvalue weighted by Gasteiger charge is 2.33. The topological polar surface area (TPSA) is 70.7 Å². The van der Waals surface area contributed by atoms with Crippen LogP contribution in [0.15, 0.2) is 54.6 Å². The van der Waals surface area contributed by atoms with Crippen LogP contribution in [0.2, 0.25) is 0 Å². The van der Waals surface area contributed by atoms with Crippen molar-refractivity contribution >= 4 is 11.9 Å². The smallest absolute Gasteiger partial charge is 0.318 e. The van der Waals surface area contributed by atoms with Gasteiger partial charge in [0.2, 0.25) is 5.91 Å². The Hall–Kier alpha value is -3.02. The number of benzene rings is 2. The highest BCUT2D eigenvalue weighted by molar-refractivity contribution is 5.87. The Bertz CT molecular complexity index is 762. The van der Waals surface area contributed by atoms with E-state index in [9.17, 15) is 9.59 Å². The van der Waals surface area contributed by atoms with Crippen molar-refractivity contribution in [3.05, 3.63) is 65.7 Å². The van der Waals surface area contributed by atoms with E-state index in [0.717, 1.165) is 23.3 Å². The number of hydrogen-bond donors (Lipinski definition) is 2. The molecule has 0 saturated carbocycles. The van der Waals surface area contributed by atoms with Crippen molar-refractivity contribution in [3.8, 4) is 5.75 Å². The van der Waals surface area contributed by atoms with Gasteiger partial charge in [-0.25, -0.2) is 4.79 Å². The van der Waals surface area contributed by atoms with Gasteiger partial charge in [-0.05, 0) is 36.1 Å². The van der Waals surface area contributed by atoms with E-state index < -0.39 is 6.04 Å². The van der Waals surface area contributed by atoms with Crippen molar-refractivity contribution in [2.45, 2.75) is 32.0 Å². The monoisotopic (exact) mass is 367 g/mol. The van der Waals surface area contributed by atoms with Gasteiger partial charge in [0.1, 0.15) is 11.8 Å². The Morgan fingerprint density at radius 1 is 1.00 bits per heavy atom. The summed E-state index contributed by atoms with van der Waals surface area (Å²) in [5.41, 5.74) is 2.02. The second-order valence-electron chi connectivity index (χ2n) is 6.56. The number of nitrogens with zero attached hydrogens (tertiary/aromatic N) is 1. The average Bonchev–Trinajstić information content (AvgIpc) is 3.21. The van der Waals surface area contributed by atoms with E-state index in [4.69, 9.17) is 4.74 Å². The van der Waals surface area contributed by atoms with Crippen molar-refractivity contribution in [3.63, 3.8) is 0 Å². The largest absolute Gasteiger partial charge is 0.497 e. The van der Waals surface area contributed by atoms with Crippen LogP contribution in [0.1, 0.15) is 24.0 Å². The van der Waals surface area contributed by atoms with Gasteiger partial charge in [0.05, 0.1) is 7.11 Å². The van der Waals surface area contributed by atoms with Gasteiger partial charge in [0.25, 0.3) is 0 Å². The zero-order valence-electron chi connectivity index (χ0n) is 15.5. The maximum atomic E-state index is 12.6. The van der Waals surface area contributed by atoms with Gasteiger partial charge >= 0.3 is 6.03 Å². The van der Waals surface area contributed by atoms with Crippen LogP contribution in [-0.4, -0.2) is 36.5 Å². The number of rotatable bonds is 6. The number of urea groups is 1. The molecule has 3 amide bonds. The third-order valence-corrected chi connectivity index (χ3v) is 4.73. The van der Waals surface area contributed by atoms with Crippen LogP contribution < -0.4 is 15.4 Å². The standard InChI is InChI=1S/C21H25N3O3/c1-27-18-11-9-17(10-12-18)14-22-20(25)19-8-5-13-24(19)21(26)23-15-16-6-3-2-4-7-16/h2-4,6-7,9-12,19H,5,8,13-15H2,1H3,(H,22,25)(H,23,26)/t19-/m0/s1. The number of ether oxygens (including phenoxy) is 1. The van der Waals surface area contributed by atoms with E-state index in [1.165, 1.54) is 0 Å². The van der Waals surface area contributed by atoms with Crippen LogP contribution in [0.3, 0.4) is 0 Å². The molecule has 27 heavy (non-hydrogen) atoms. The van der Waals surface area contributed by atoms with Gasteiger partial charge in [0.15, 0.2) is 0 Å². The SMILES string of the molecule is COc1ccc(CNC(=O)[C@@H]2CCCN2C(=O)NCc2ccccc2)cc1. The lowest BCUT2D eigenvalue weighted by Crippen LogP contribution is -2.49. The first-order chi connectivity index (χ1) is 13.2. The van der Waals surface area contributed by atoms with E-state index in [1.807, 2.05) is 54.6 Å². The van der Waals surface area contributed by atoms with E-state index in [2.05, 4.69) is 10.6 Å². The summed E-state index contributed by atoms with van der Waals surface area (Å²) in [6, 6.07) is 16.7. The highest BCUT2D eigenvalue weighted by Crippen LogP contribution is 2.18. The third kappa shape index (κ3) is 5.00. The van der Waals surface area contributed by atoms with Crippen molar-refractivity contribution in [2.75, 3.05) is 13.7 Å². The first-order valence-electron chi connectivity index (χ1n) is 9.16. The molecule has 6 heteroatoms. The lowest BCUT2D eigenvalue weighted by molar-refractivity contribution is -0.124. The molecule has 0 aliphatic carbocycles. The molecule has 0 radical (unpaired) electrons. The molecule has 1 aliphatic heterocycles. The van der Waals surface area contributed by atoms with Gasteiger partial charge in [-0.15, -0.1) is 0 Å². The number of carbonyl (C=O) groups excluding carboxylic acids is 2. The molecule has 0 aromatic heterocycles. The molecule has 0 spiro atoms. The predicted molar refractivity (Wildman–Crippen MR) is 103 cm³/mol. The molecule has 0 unspecified atom stereocenters. The Kier molecular flexibility index (Phi) is 6.30. The molecule has 2 aromatic rings. The zero-order valence-corrected chi connectivity index (χ0v) is 15.5. The first-order valence-corrected chi connectivity index (χ1v) is 9.16. The molecular weight excluding hydrogens is 342 g/mol. The molecule has 2 N–H and O–H groups in total. The van der Waals surface area contributed by atoms with Crippen LogP contribution in [0.4, 0.5) is 4.79 Å². The second-order valence-corrected chi connectivity index (χ2v) is 6.56. The summed E-state index contributed by atoms with van der Waals surface area (Å²) < 4.78 is 5.13. The van der Waals surface area contributed by atoms with Crippen LogP contribution in [0.25, 0.3) is 0 Å². The van der Waals surface area contributed by atoms with Crippen molar-refractivity contribution < 1.29 is 14.3 Å². The number of amides is 3. The predicted octanol–water partition coefficient (Wildman–Crippen LogP) is 2.69. The second kappa shape index (κ2) is 9.07. The van der Waals surface area contributed by atoms with E-state index in [1.54, 1.807) is 12.0 Å². The number of hydrogen-bond acceptors (Lipinski definition) is 3. The molecule has 1 atom stereocenters. The summed E-state index contributed by atoms with van der Waals surface area (Å²) >= 11 is 0. The third-order valence-electron chi connectivity index (χ3n) is 4.73. The number of methoxy groups -OCH3 is 1. The molecule has 0 bridgehead atoms. The summed E-state index contributed by atoms with van der Waals surface area (Å²) in [5.74, 6) is 0.667. The lowest BCUT2D eigenvalue weighted by Gasteiger charge is -2.24. The fraction of sp³-hybridized carbons (Fsp3) is 0.333. The molecular formula is C21H25N3O3. The Balaban J connectivity index is 1.51. The van der Waals surface area contributed by atoms with Crippen molar-refractivity contribution in [2.24, 2.45) is 0 Å². The van der Waals surface area contributed by atoms with Crippen molar-refractivity contribution in [1.29, 1.82) is 0 Å². The summed E-state index contributed by atoms with van der Waals surface area (Å²) in [6.07, 6.45) is 1.52. The van der Waals surface area contributed by atoms with Gasteiger partial charge in [-0.3, -0.25) is 4.79 Å². The Labute approximate surface area is 159 Å². The molecule has 1 heterocycles. The van der Waals surface area contributed by atoms with Gasteiger partial charge in [-0.2, -0.15) is 0 Å². The molecule has 1 fully saturated rings. The lowest BCUT2D eigenvalue weighted by atomic mass is 10.2. The molecule has 1 saturated heterocycles. The Morgan fingerprint density at radius 3 is 2.37 bits per heavy atom. The molecule has 6 nitrogen and oxygen atoms in total. The summed E-state index contributed by atoms with van der Waals surface area (Å²) in [4.78, 5) is 26.7. The molecule has 1 aliphatic rings. The maximum Gasteiger partial charge on any atom is 0.318 e. The molecule has 2 aromatic carbocycles. The minimum Gasteiger partial charge on any atom is -0.497 e. The fourth-order valence-corrected chi connectivity index (χ4v) is 3.21. The minimum atomic E-state index is -0.418. The average molecular weight is 367 g/mol. The van der Waals surface area contributed by atoms with E-state index in [0.29, 0.717) is 26.1 Å². The van der Waals surface area contributed by atoms with Gasteiger partial charge in [0, 0.05) is 19.6 Å². The van der Waals surface area contributed by atoms with Crippen LogP contribution in [-0.2, 0) is 17.9 Å². The molecule has 3 rings (SSSR count). The highest BCUT2D eigenvalue weighted by atomic mass is 16.5. The zero-order chi connectivity index (χ0) is 19.1. The number of carbonyl (C=O) groups is 2. The summed E-state index contributed by atoms with van der Waals surface area (Å²) in [6.45, 7) is 1.48. The van der Waals surface area contributed by atoms with Crippen LogP contribution >= 0.6 is 0 Å². The van der Waals surface area contributed by atoms with Gasteiger partial charge < -0.3 is 20.3 Å². The number of likely N-dealkylation sites (tertiary alicyclic amines) is 1. The Morgan fingerprint density at radius 2 is 1.67 bits per heavy atom. The van der Waals surface area contributed by atoms with Crippen LogP contribution in [0.5, 0.6) is 5.75 Å². The van der Waals surface area contributed by atoms with E-state index >= 15 is 0 Å². The minimum absolute atomic E-state index is 0.113. The van der Waals surface area contributed by atoms with Crippen LogP contribution in [0, 0.1) is 0 Å². The first kappa shape index (κ1) is 18.8. The normalized spacial score (nSPS) is 16.0. The fourth-order valence-electron chi connectivity index (χ4n) is 3.21. The maximum absolute atomic E-state index is 12.6. The van der Waals surface area contributed by atoms with Crippen molar-refractivity contribution in [1.82, 2.24) is 15.5 Å². The quantitative estimate of drug-likeness (QED) is 0.825. The molecule has 142 valence electrons. The summed E-state index contributed by atoms with van der Waals surface area (Å²) in [7, 11) is 1.62. The summed E-state index contributed by atoms with van der Waals surface area (Å²) in [5, 5.41) is 5.84. The number of nitrogens with one attached hydrogen (secondary N) is 2. The van der Waals surface area contributed by atoms with Gasteiger partial charge in [-0.1, -0.05) is 42.5 Å². The van der Waals surface area contributed by atoms with E-state index in [-0.39, 0.29) is 11.9 Å².